The first-order valence-electron chi connectivity index (χ1n) is 3.41. The predicted molar refractivity (Wildman–Crippen MR) is 42.6 cm³/mol. The minimum absolute atomic E-state index is 0. The molecule has 0 atom stereocenters. The normalized spacial score (nSPS) is 4.62. The number of rotatable bonds is 2. The summed E-state index contributed by atoms with van der Waals surface area (Å²) in [5.41, 5.74) is 0. The van der Waals surface area contributed by atoms with Crippen LogP contribution in [0.15, 0.2) is 0 Å². The Morgan fingerprint density at radius 2 is 0.769 bits per heavy atom. The molecule has 0 aliphatic carbocycles. The average Bonchev–Trinajstić information content (AvgIpc) is 1.88. The molecule has 0 aliphatic heterocycles. The van der Waals surface area contributed by atoms with E-state index in [1.807, 2.05) is 0 Å². The molecule has 0 fully saturated rings. The second kappa shape index (κ2) is 71.5. The van der Waals surface area contributed by atoms with E-state index < -0.39 is 0 Å². The fraction of sp³-hybridized carbons (Fsp3) is 0.750. The molecule has 76 valence electrons. The molecule has 0 unspecified atom stereocenters. The van der Waals surface area contributed by atoms with Gasteiger partial charge in [-0.1, -0.05) is 26.7 Å². The second-order valence-corrected chi connectivity index (χ2v) is 1.71. The van der Waals surface area contributed by atoms with Gasteiger partial charge in [-0.25, -0.2) is 0 Å². The standard InChI is InChI=1S/2C4H9.3O.2Ti/c2*1-3-4-2;;;;;/h2*1,3-4H2,2H3;;;;;/q2*-1;3*-2;2*+4. The van der Waals surface area contributed by atoms with Crippen LogP contribution in [-0.4, -0.2) is 0 Å². The Morgan fingerprint density at radius 1 is 0.692 bits per heavy atom. The van der Waals surface area contributed by atoms with Gasteiger partial charge in [-0.15, -0.1) is 0 Å². The quantitative estimate of drug-likeness (QED) is 0.538. The Bertz CT molecular complexity index is 25.4. The van der Waals surface area contributed by atoms with Gasteiger partial charge in [0.15, 0.2) is 0 Å². The molecule has 0 saturated carbocycles. The van der Waals surface area contributed by atoms with E-state index in [-0.39, 0.29) is 59.9 Å². The number of hydrogen-bond donors (Lipinski definition) is 0. The van der Waals surface area contributed by atoms with E-state index in [2.05, 4.69) is 27.7 Å². The summed E-state index contributed by atoms with van der Waals surface area (Å²) in [6.07, 6.45) is 4.56. The second-order valence-electron chi connectivity index (χ2n) is 1.71. The first-order chi connectivity index (χ1) is 3.83. The zero-order valence-electron chi connectivity index (χ0n) is 8.47. The van der Waals surface area contributed by atoms with Crippen molar-refractivity contribution in [3.05, 3.63) is 13.8 Å². The van der Waals surface area contributed by atoms with Crippen LogP contribution in [0.4, 0.5) is 0 Å². The molecule has 0 rings (SSSR count). The van der Waals surface area contributed by atoms with E-state index in [0.717, 1.165) is 12.8 Å². The molecule has 13 heavy (non-hydrogen) atoms. The van der Waals surface area contributed by atoms with Crippen LogP contribution < -0.4 is 0 Å². The summed E-state index contributed by atoms with van der Waals surface area (Å²) in [6.45, 7) is 11.4. The monoisotopic (exact) mass is 258 g/mol. The van der Waals surface area contributed by atoms with Crippen LogP contribution in [0.3, 0.4) is 0 Å². The van der Waals surface area contributed by atoms with Gasteiger partial charge in [-0.2, -0.15) is 12.8 Å². The summed E-state index contributed by atoms with van der Waals surface area (Å²) in [7, 11) is 0. The summed E-state index contributed by atoms with van der Waals surface area (Å²) in [5, 5.41) is 0. The first-order valence-corrected chi connectivity index (χ1v) is 3.41. The maximum absolute atomic E-state index is 3.60. The summed E-state index contributed by atoms with van der Waals surface area (Å²) >= 11 is 0. The third-order valence-corrected chi connectivity index (χ3v) is 0.707. The van der Waals surface area contributed by atoms with Gasteiger partial charge in [0.2, 0.25) is 0 Å². The first kappa shape index (κ1) is 47.4. The third kappa shape index (κ3) is 155. The van der Waals surface area contributed by atoms with E-state index in [4.69, 9.17) is 0 Å². The molecule has 0 aliphatic rings. The Hall–Kier alpha value is 1.31. The summed E-state index contributed by atoms with van der Waals surface area (Å²) in [5.74, 6) is 0. The summed E-state index contributed by atoms with van der Waals surface area (Å²) in [4.78, 5) is 0. The fourth-order valence-corrected chi connectivity index (χ4v) is 0. The van der Waals surface area contributed by atoms with E-state index in [0.29, 0.717) is 0 Å². The van der Waals surface area contributed by atoms with Crippen molar-refractivity contribution in [1.82, 2.24) is 0 Å². The van der Waals surface area contributed by atoms with Gasteiger partial charge in [-0.3, -0.25) is 0 Å². The SMILES string of the molecule is [CH2-]CCC.[CH2-]CCC.[O-2].[O-2].[O-2].[Ti+4].[Ti+4]. The third-order valence-electron chi connectivity index (χ3n) is 0.707. The maximum atomic E-state index is 3.60. The molecule has 0 saturated heterocycles. The fourth-order valence-electron chi connectivity index (χ4n) is 0. The van der Waals surface area contributed by atoms with Crippen LogP contribution in [0.1, 0.15) is 39.5 Å². The van der Waals surface area contributed by atoms with Gasteiger partial charge in [-0.05, 0) is 0 Å². The Morgan fingerprint density at radius 3 is 0.769 bits per heavy atom. The minimum atomic E-state index is 0. The van der Waals surface area contributed by atoms with Crippen molar-refractivity contribution in [1.29, 1.82) is 0 Å². The van der Waals surface area contributed by atoms with Crippen molar-refractivity contribution in [2.45, 2.75) is 39.5 Å². The molecule has 0 bridgehead atoms. The molecule has 3 nitrogen and oxygen atoms in total. The van der Waals surface area contributed by atoms with E-state index in [1.54, 1.807) is 0 Å². The zero-order chi connectivity index (χ0) is 6.83. The smallest absolute Gasteiger partial charge is 2.00 e. The molecular weight excluding hydrogens is 240 g/mol. The molecule has 0 amide bonds. The topological polar surface area (TPSA) is 85.5 Å². The maximum Gasteiger partial charge on any atom is 4.00 e. The van der Waals surface area contributed by atoms with Crippen LogP contribution in [0, 0.1) is 13.8 Å². The predicted octanol–water partition coefficient (Wildman–Crippen LogP) is 2.88. The van der Waals surface area contributed by atoms with Crippen LogP contribution in [0.2, 0.25) is 0 Å². The van der Waals surface area contributed by atoms with Crippen LogP contribution in [0.25, 0.3) is 0 Å². The van der Waals surface area contributed by atoms with Gasteiger partial charge in [0, 0.05) is 0 Å². The zero-order valence-corrected chi connectivity index (χ0v) is 11.6. The van der Waals surface area contributed by atoms with Gasteiger partial charge in [0.1, 0.15) is 0 Å². The molecule has 0 radical (unpaired) electrons. The van der Waals surface area contributed by atoms with E-state index in [9.17, 15) is 0 Å². The van der Waals surface area contributed by atoms with Gasteiger partial charge >= 0.3 is 43.4 Å². The largest absolute Gasteiger partial charge is 4.00 e. The molecule has 0 N–H and O–H groups in total. The van der Waals surface area contributed by atoms with E-state index in [1.165, 1.54) is 12.8 Å². The average molecular weight is 258 g/mol. The van der Waals surface area contributed by atoms with E-state index >= 15 is 0 Å². The number of unbranched alkanes of at least 4 members (excludes halogenated alkanes) is 2. The van der Waals surface area contributed by atoms with Crippen molar-refractivity contribution in [3.8, 4) is 0 Å². The Balaban J connectivity index is -0.00000000800. The van der Waals surface area contributed by atoms with Crippen LogP contribution >= 0.6 is 0 Å². The van der Waals surface area contributed by atoms with Crippen molar-refractivity contribution in [2.75, 3.05) is 0 Å². The van der Waals surface area contributed by atoms with Crippen molar-refractivity contribution in [3.63, 3.8) is 0 Å². The molecule has 0 aromatic carbocycles. The van der Waals surface area contributed by atoms with Gasteiger partial charge in [0.25, 0.3) is 0 Å². The molecule has 0 aromatic heterocycles. The molecule has 5 heteroatoms. The number of hydrogen-bond acceptors (Lipinski definition) is 0. The van der Waals surface area contributed by atoms with Crippen molar-refractivity contribution in [2.24, 2.45) is 0 Å². The van der Waals surface area contributed by atoms with Crippen molar-refractivity contribution < 1.29 is 59.9 Å². The van der Waals surface area contributed by atoms with Crippen molar-refractivity contribution >= 4 is 0 Å². The van der Waals surface area contributed by atoms with Gasteiger partial charge < -0.3 is 30.3 Å². The Labute approximate surface area is 113 Å². The van der Waals surface area contributed by atoms with Gasteiger partial charge in [0.05, 0.1) is 0 Å². The molecule has 0 heterocycles. The minimum Gasteiger partial charge on any atom is -2.00 e. The van der Waals surface area contributed by atoms with Crippen LogP contribution in [-0.2, 0) is 59.9 Å². The molecule has 0 spiro atoms. The van der Waals surface area contributed by atoms with Crippen LogP contribution in [0.5, 0.6) is 0 Å². The summed E-state index contributed by atoms with van der Waals surface area (Å²) in [6, 6.07) is 0. The molecular formula is C8H18O3Ti2. The summed E-state index contributed by atoms with van der Waals surface area (Å²) < 4.78 is 0. The Kier molecular flexibility index (Phi) is 261. The molecule has 0 aromatic rings.